The highest BCUT2D eigenvalue weighted by molar-refractivity contribution is 7.92. The standard InChI is InChI=1S/C26H33ClFN3O4S/c1-19(26(33)29-22-11-4-5-12-22)30(18-20-9-3-6-14-24(20)28)25(32)15-8-16-31(36(2,34)35)23-13-7-10-21(27)17-23/h3,6-7,9-10,13-14,17,19,22H,4-5,8,11-12,15-16,18H2,1-2H3,(H,29,33)/t19-/m0/s1. The number of benzene rings is 2. The molecule has 36 heavy (non-hydrogen) atoms. The number of carbonyl (C=O) groups is 2. The molecule has 3 rings (SSSR count). The second kappa shape index (κ2) is 12.5. The molecule has 0 aliphatic heterocycles. The molecule has 2 aromatic rings. The largest absolute Gasteiger partial charge is 0.352 e. The Balaban J connectivity index is 1.72. The van der Waals surface area contributed by atoms with E-state index in [9.17, 15) is 22.4 Å². The van der Waals surface area contributed by atoms with Crippen molar-refractivity contribution in [2.75, 3.05) is 17.1 Å². The van der Waals surface area contributed by atoms with Crippen molar-refractivity contribution in [1.82, 2.24) is 10.2 Å². The number of carbonyl (C=O) groups excluding carboxylic acids is 2. The molecule has 1 fully saturated rings. The number of hydrogen-bond donors (Lipinski definition) is 1. The molecule has 1 aliphatic rings. The van der Waals surface area contributed by atoms with Gasteiger partial charge in [-0.3, -0.25) is 13.9 Å². The van der Waals surface area contributed by atoms with Gasteiger partial charge in [-0.15, -0.1) is 0 Å². The molecule has 0 saturated heterocycles. The van der Waals surface area contributed by atoms with Crippen LogP contribution in [0.3, 0.4) is 0 Å². The van der Waals surface area contributed by atoms with Crippen LogP contribution in [0.5, 0.6) is 0 Å². The van der Waals surface area contributed by atoms with E-state index in [1.807, 2.05) is 0 Å². The molecule has 1 N–H and O–H groups in total. The first-order valence-corrected chi connectivity index (χ1v) is 14.4. The highest BCUT2D eigenvalue weighted by Gasteiger charge is 2.29. The normalized spacial score (nSPS) is 14.9. The molecule has 0 radical (unpaired) electrons. The summed E-state index contributed by atoms with van der Waals surface area (Å²) in [5.41, 5.74) is 0.716. The van der Waals surface area contributed by atoms with Crippen molar-refractivity contribution in [1.29, 1.82) is 0 Å². The van der Waals surface area contributed by atoms with E-state index in [4.69, 9.17) is 11.6 Å². The Morgan fingerprint density at radius 1 is 1.14 bits per heavy atom. The third-order valence-corrected chi connectivity index (χ3v) is 7.84. The van der Waals surface area contributed by atoms with Crippen molar-refractivity contribution in [2.45, 2.75) is 64.1 Å². The van der Waals surface area contributed by atoms with Gasteiger partial charge in [-0.2, -0.15) is 0 Å². The van der Waals surface area contributed by atoms with E-state index >= 15 is 0 Å². The van der Waals surface area contributed by atoms with Gasteiger partial charge < -0.3 is 10.2 Å². The zero-order valence-electron chi connectivity index (χ0n) is 20.6. The molecule has 1 atom stereocenters. The highest BCUT2D eigenvalue weighted by atomic mass is 35.5. The zero-order valence-corrected chi connectivity index (χ0v) is 22.2. The fourth-order valence-electron chi connectivity index (χ4n) is 4.42. The van der Waals surface area contributed by atoms with E-state index in [1.165, 1.54) is 15.3 Å². The van der Waals surface area contributed by atoms with Crippen LogP contribution in [0.1, 0.15) is 51.0 Å². The molecule has 0 bridgehead atoms. The summed E-state index contributed by atoms with van der Waals surface area (Å²) in [6, 6.07) is 11.9. The zero-order chi connectivity index (χ0) is 26.3. The quantitative estimate of drug-likeness (QED) is 0.457. The Morgan fingerprint density at radius 3 is 2.47 bits per heavy atom. The van der Waals surface area contributed by atoms with Crippen LogP contribution in [0.2, 0.25) is 5.02 Å². The molecule has 0 unspecified atom stereocenters. The van der Waals surface area contributed by atoms with Crippen LogP contribution in [0.15, 0.2) is 48.5 Å². The van der Waals surface area contributed by atoms with E-state index in [0.29, 0.717) is 16.3 Å². The van der Waals surface area contributed by atoms with Crippen LogP contribution in [-0.4, -0.2) is 50.0 Å². The maximum Gasteiger partial charge on any atom is 0.242 e. The molecule has 1 aliphatic carbocycles. The minimum Gasteiger partial charge on any atom is -0.352 e. The van der Waals surface area contributed by atoms with Crippen LogP contribution in [-0.2, 0) is 26.2 Å². The van der Waals surface area contributed by atoms with Crippen LogP contribution in [0, 0.1) is 5.82 Å². The number of anilines is 1. The lowest BCUT2D eigenvalue weighted by Gasteiger charge is -2.30. The second-order valence-corrected chi connectivity index (χ2v) is 11.5. The van der Waals surface area contributed by atoms with Crippen LogP contribution >= 0.6 is 11.6 Å². The number of hydrogen-bond acceptors (Lipinski definition) is 4. The van der Waals surface area contributed by atoms with Crippen molar-refractivity contribution in [3.05, 3.63) is 64.9 Å². The molecule has 10 heteroatoms. The number of nitrogens with zero attached hydrogens (tertiary/aromatic N) is 2. The van der Waals surface area contributed by atoms with Gasteiger partial charge in [0.1, 0.15) is 11.9 Å². The van der Waals surface area contributed by atoms with E-state index in [1.54, 1.807) is 49.4 Å². The second-order valence-electron chi connectivity index (χ2n) is 9.20. The third kappa shape index (κ3) is 7.67. The van der Waals surface area contributed by atoms with Gasteiger partial charge in [0, 0.05) is 36.1 Å². The minimum absolute atomic E-state index is 0.0118. The Bertz CT molecular complexity index is 1170. The van der Waals surface area contributed by atoms with E-state index in [-0.39, 0.29) is 43.8 Å². The lowest BCUT2D eigenvalue weighted by atomic mass is 10.1. The summed E-state index contributed by atoms with van der Waals surface area (Å²) in [5.74, 6) is -1.09. The fraction of sp³-hybridized carbons (Fsp3) is 0.462. The summed E-state index contributed by atoms with van der Waals surface area (Å²) in [6.45, 7) is 1.63. The first kappa shape index (κ1) is 27.9. The number of halogens is 2. The maximum absolute atomic E-state index is 14.4. The molecule has 0 heterocycles. The van der Waals surface area contributed by atoms with Crippen LogP contribution in [0.25, 0.3) is 0 Å². The summed E-state index contributed by atoms with van der Waals surface area (Å²) in [4.78, 5) is 27.6. The van der Waals surface area contributed by atoms with Gasteiger partial charge in [-0.1, -0.05) is 48.7 Å². The Hall–Kier alpha value is -2.65. The van der Waals surface area contributed by atoms with Crippen molar-refractivity contribution in [3.8, 4) is 0 Å². The SMILES string of the molecule is C[C@@H](C(=O)NC1CCCC1)N(Cc1ccccc1F)C(=O)CCCN(c1cccc(Cl)c1)S(C)(=O)=O. The summed E-state index contributed by atoms with van der Waals surface area (Å²) in [5, 5.41) is 3.41. The lowest BCUT2D eigenvalue weighted by Crippen LogP contribution is -2.49. The van der Waals surface area contributed by atoms with Gasteiger partial charge in [0.05, 0.1) is 11.9 Å². The van der Waals surface area contributed by atoms with Crippen molar-refractivity contribution < 1.29 is 22.4 Å². The predicted octanol–water partition coefficient (Wildman–Crippen LogP) is 4.50. The molecule has 0 spiro atoms. The molecule has 2 amide bonds. The number of rotatable bonds is 11. The molecule has 1 saturated carbocycles. The Morgan fingerprint density at radius 2 is 1.83 bits per heavy atom. The average Bonchev–Trinajstić information content (AvgIpc) is 3.33. The Labute approximate surface area is 217 Å². The summed E-state index contributed by atoms with van der Waals surface area (Å²) in [6.07, 6.45) is 5.22. The first-order valence-electron chi connectivity index (χ1n) is 12.1. The molecular formula is C26H33ClFN3O4S. The first-order chi connectivity index (χ1) is 17.1. The predicted molar refractivity (Wildman–Crippen MR) is 140 cm³/mol. The number of nitrogens with one attached hydrogen (secondary N) is 1. The topological polar surface area (TPSA) is 86.8 Å². The minimum atomic E-state index is -3.61. The van der Waals surface area contributed by atoms with Gasteiger partial charge in [0.25, 0.3) is 0 Å². The van der Waals surface area contributed by atoms with Crippen LogP contribution < -0.4 is 9.62 Å². The molecule has 7 nitrogen and oxygen atoms in total. The number of sulfonamides is 1. The molecule has 0 aromatic heterocycles. The maximum atomic E-state index is 14.4. The molecule has 2 aromatic carbocycles. The molecular weight excluding hydrogens is 505 g/mol. The smallest absolute Gasteiger partial charge is 0.242 e. The number of amides is 2. The van der Waals surface area contributed by atoms with E-state index in [2.05, 4.69) is 5.32 Å². The fourth-order valence-corrected chi connectivity index (χ4v) is 5.56. The summed E-state index contributed by atoms with van der Waals surface area (Å²) >= 11 is 6.03. The third-order valence-electron chi connectivity index (χ3n) is 6.42. The van der Waals surface area contributed by atoms with E-state index in [0.717, 1.165) is 31.9 Å². The van der Waals surface area contributed by atoms with Gasteiger partial charge in [0.2, 0.25) is 21.8 Å². The van der Waals surface area contributed by atoms with Gasteiger partial charge >= 0.3 is 0 Å². The van der Waals surface area contributed by atoms with Gasteiger partial charge in [-0.05, 0) is 50.5 Å². The van der Waals surface area contributed by atoms with E-state index < -0.39 is 21.9 Å². The van der Waals surface area contributed by atoms with Crippen LogP contribution in [0.4, 0.5) is 10.1 Å². The van der Waals surface area contributed by atoms with Crippen molar-refractivity contribution >= 4 is 39.1 Å². The summed E-state index contributed by atoms with van der Waals surface area (Å²) in [7, 11) is -3.61. The molecule has 196 valence electrons. The van der Waals surface area contributed by atoms with Crippen molar-refractivity contribution in [3.63, 3.8) is 0 Å². The van der Waals surface area contributed by atoms with Gasteiger partial charge in [0.15, 0.2) is 0 Å². The summed E-state index contributed by atoms with van der Waals surface area (Å²) < 4.78 is 40.4. The average molecular weight is 538 g/mol. The monoisotopic (exact) mass is 537 g/mol. The van der Waals surface area contributed by atoms with Gasteiger partial charge in [-0.25, -0.2) is 12.8 Å². The Kier molecular flexibility index (Phi) is 9.73. The highest BCUT2D eigenvalue weighted by Crippen LogP contribution is 2.23. The lowest BCUT2D eigenvalue weighted by molar-refractivity contribution is -0.141. The van der Waals surface area contributed by atoms with Crippen molar-refractivity contribution in [2.24, 2.45) is 0 Å².